The molecule has 1 aromatic rings. The van der Waals surface area contributed by atoms with Crippen LogP contribution in [0.25, 0.3) is 0 Å². The van der Waals surface area contributed by atoms with Gasteiger partial charge in [-0.15, -0.1) is 0 Å². The molecule has 0 saturated carbocycles. The van der Waals surface area contributed by atoms with Crippen molar-refractivity contribution in [1.82, 2.24) is 0 Å². The van der Waals surface area contributed by atoms with Gasteiger partial charge >= 0.3 is 6.09 Å². The molecule has 5 heteroatoms. The molecule has 1 aliphatic heterocycles. The fraction of sp³-hybridized carbons (Fsp3) is 0.300. The number of amides is 1. The highest BCUT2D eigenvalue weighted by Gasteiger charge is 2.21. The van der Waals surface area contributed by atoms with E-state index in [1.165, 1.54) is 17.0 Å². The smallest absolute Gasteiger partial charge is 0.414 e. The molecule has 0 radical (unpaired) electrons. The maximum absolute atomic E-state index is 13.2. The largest absolute Gasteiger partial charge is 0.449 e. The second-order valence-electron chi connectivity index (χ2n) is 3.33. The summed E-state index contributed by atoms with van der Waals surface area (Å²) in [6.45, 7) is 0.967. The molecule has 1 aliphatic rings. The van der Waals surface area contributed by atoms with Gasteiger partial charge in [-0.25, -0.2) is 9.18 Å². The van der Waals surface area contributed by atoms with Crippen LogP contribution >= 0.6 is 0 Å². The molecule has 80 valence electrons. The van der Waals surface area contributed by atoms with Gasteiger partial charge in [-0.2, -0.15) is 0 Å². The molecule has 0 bridgehead atoms. The Balaban J connectivity index is 2.28. The molecule has 1 heterocycles. The predicted molar refractivity (Wildman–Crippen MR) is 54.1 cm³/mol. The minimum atomic E-state index is -0.522. The summed E-state index contributed by atoms with van der Waals surface area (Å²) < 4.78 is 18.0. The van der Waals surface area contributed by atoms with E-state index in [0.717, 1.165) is 6.42 Å². The van der Waals surface area contributed by atoms with Crippen molar-refractivity contribution in [3.05, 3.63) is 24.0 Å². The summed E-state index contributed by atoms with van der Waals surface area (Å²) in [5.74, 6) is -0.522. The van der Waals surface area contributed by atoms with E-state index in [9.17, 15) is 9.18 Å². The Morgan fingerprint density at radius 1 is 1.47 bits per heavy atom. The Morgan fingerprint density at radius 3 is 2.93 bits per heavy atom. The molecule has 0 aliphatic carbocycles. The van der Waals surface area contributed by atoms with Gasteiger partial charge in [0.2, 0.25) is 0 Å². The molecule has 1 saturated heterocycles. The van der Waals surface area contributed by atoms with Crippen molar-refractivity contribution in [3.8, 4) is 0 Å². The highest BCUT2D eigenvalue weighted by molar-refractivity contribution is 5.88. The normalized spacial score (nSPS) is 16.3. The van der Waals surface area contributed by atoms with Gasteiger partial charge in [0, 0.05) is 6.54 Å². The Kier molecular flexibility index (Phi) is 2.45. The van der Waals surface area contributed by atoms with Crippen LogP contribution in [0.4, 0.5) is 20.6 Å². The van der Waals surface area contributed by atoms with Crippen molar-refractivity contribution >= 4 is 17.5 Å². The number of anilines is 2. The first kappa shape index (κ1) is 9.76. The number of halogens is 1. The fourth-order valence-corrected chi connectivity index (χ4v) is 1.47. The minimum Gasteiger partial charge on any atom is -0.449 e. The molecular weight excluding hydrogens is 199 g/mol. The van der Waals surface area contributed by atoms with E-state index in [1.54, 1.807) is 6.07 Å². The molecule has 2 N–H and O–H groups in total. The number of hydrogen-bond acceptors (Lipinski definition) is 3. The number of carbonyl (C=O) groups is 1. The lowest BCUT2D eigenvalue weighted by Crippen LogP contribution is -2.37. The molecule has 0 unspecified atom stereocenters. The lowest BCUT2D eigenvalue weighted by molar-refractivity contribution is 0.140. The lowest BCUT2D eigenvalue weighted by atomic mass is 10.2. The van der Waals surface area contributed by atoms with E-state index < -0.39 is 11.9 Å². The zero-order valence-corrected chi connectivity index (χ0v) is 8.07. The number of cyclic esters (lactones) is 1. The summed E-state index contributed by atoms with van der Waals surface area (Å²) in [4.78, 5) is 12.7. The molecule has 4 nitrogen and oxygen atoms in total. The van der Waals surface area contributed by atoms with Crippen LogP contribution in [0.15, 0.2) is 18.2 Å². The lowest BCUT2D eigenvalue weighted by Gasteiger charge is -2.26. The van der Waals surface area contributed by atoms with E-state index in [2.05, 4.69) is 0 Å². The summed E-state index contributed by atoms with van der Waals surface area (Å²) in [5.41, 5.74) is 5.89. The van der Waals surface area contributed by atoms with Gasteiger partial charge in [0.05, 0.1) is 18.0 Å². The number of nitrogen functional groups attached to an aromatic ring is 1. The van der Waals surface area contributed by atoms with Crippen LogP contribution in [0.5, 0.6) is 0 Å². The van der Waals surface area contributed by atoms with Gasteiger partial charge in [0.1, 0.15) is 5.82 Å². The van der Waals surface area contributed by atoms with Crippen LogP contribution in [-0.2, 0) is 4.74 Å². The molecule has 0 atom stereocenters. The first-order chi connectivity index (χ1) is 7.18. The molecule has 2 rings (SSSR count). The predicted octanol–water partition coefficient (Wildman–Crippen LogP) is 1.75. The second-order valence-corrected chi connectivity index (χ2v) is 3.33. The Bertz CT molecular complexity index is 395. The third-order valence-corrected chi connectivity index (χ3v) is 2.27. The number of nitrogens with zero attached hydrogens (tertiary/aromatic N) is 1. The van der Waals surface area contributed by atoms with Crippen LogP contribution in [0.3, 0.4) is 0 Å². The van der Waals surface area contributed by atoms with Crippen LogP contribution < -0.4 is 10.6 Å². The summed E-state index contributed by atoms with van der Waals surface area (Å²) in [6.07, 6.45) is 0.308. The second kappa shape index (κ2) is 3.76. The topological polar surface area (TPSA) is 55.6 Å². The van der Waals surface area contributed by atoms with Crippen molar-refractivity contribution in [1.29, 1.82) is 0 Å². The highest BCUT2D eigenvalue weighted by atomic mass is 19.1. The molecule has 0 aromatic heterocycles. The summed E-state index contributed by atoms with van der Waals surface area (Å²) >= 11 is 0. The number of benzene rings is 1. The number of nitrogens with two attached hydrogens (primary N) is 1. The van der Waals surface area contributed by atoms with Gasteiger partial charge in [-0.3, -0.25) is 4.90 Å². The third kappa shape index (κ3) is 1.86. The number of rotatable bonds is 1. The van der Waals surface area contributed by atoms with E-state index in [0.29, 0.717) is 18.8 Å². The highest BCUT2D eigenvalue weighted by Crippen LogP contribution is 2.22. The molecule has 1 fully saturated rings. The maximum Gasteiger partial charge on any atom is 0.414 e. The van der Waals surface area contributed by atoms with Crippen molar-refractivity contribution in [2.24, 2.45) is 0 Å². The average molecular weight is 210 g/mol. The summed E-state index contributed by atoms with van der Waals surface area (Å²) in [6, 6.07) is 4.28. The Morgan fingerprint density at radius 2 is 2.27 bits per heavy atom. The first-order valence-corrected chi connectivity index (χ1v) is 4.68. The van der Waals surface area contributed by atoms with Gasteiger partial charge in [0.15, 0.2) is 0 Å². The van der Waals surface area contributed by atoms with E-state index in [4.69, 9.17) is 10.5 Å². The van der Waals surface area contributed by atoms with Crippen molar-refractivity contribution in [2.75, 3.05) is 23.8 Å². The third-order valence-electron chi connectivity index (χ3n) is 2.27. The van der Waals surface area contributed by atoms with E-state index >= 15 is 0 Å². The zero-order chi connectivity index (χ0) is 10.8. The Hall–Kier alpha value is -1.78. The monoisotopic (exact) mass is 210 g/mol. The molecule has 15 heavy (non-hydrogen) atoms. The van der Waals surface area contributed by atoms with E-state index in [1.807, 2.05) is 0 Å². The molecule has 1 aromatic carbocycles. The maximum atomic E-state index is 13.2. The van der Waals surface area contributed by atoms with Crippen LogP contribution in [0.1, 0.15) is 6.42 Å². The number of hydrogen-bond donors (Lipinski definition) is 1. The van der Waals surface area contributed by atoms with Crippen LogP contribution in [0, 0.1) is 5.82 Å². The van der Waals surface area contributed by atoms with Crippen LogP contribution in [0.2, 0.25) is 0 Å². The zero-order valence-electron chi connectivity index (χ0n) is 8.07. The van der Waals surface area contributed by atoms with Gasteiger partial charge in [-0.05, 0) is 24.6 Å². The summed E-state index contributed by atoms with van der Waals surface area (Å²) in [5, 5.41) is 0. The van der Waals surface area contributed by atoms with E-state index in [-0.39, 0.29) is 5.69 Å². The fourth-order valence-electron chi connectivity index (χ4n) is 1.47. The molecular formula is C10H11FN2O2. The summed E-state index contributed by atoms with van der Waals surface area (Å²) in [7, 11) is 0. The number of ether oxygens (including phenoxy) is 1. The van der Waals surface area contributed by atoms with Gasteiger partial charge in [-0.1, -0.05) is 0 Å². The van der Waals surface area contributed by atoms with Crippen molar-refractivity contribution < 1.29 is 13.9 Å². The first-order valence-electron chi connectivity index (χ1n) is 4.68. The number of carbonyl (C=O) groups excluding carboxylic acids is 1. The SMILES string of the molecule is Nc1ccc(N2CCCOC2=O)cc1F. The van der Waals surface area contributed by atoms with Crippen molar-refractivity contribution in [3.63, 3.8) is 0 Å². The standard InChI is InChI=1S/C10H11FN2O2/c11-8-6-7(2-3-9(8)12)13-4-1-5-15-10(13)14/h2-3,6H,1,4-5,12H2. The minimum absolute atomic E-state index is 0.0733. The van der Waals surface area contributed by atoms with Gasteiger partial charge in [0.25, 0.3) is 0 Å². The molecule has 0 spiro atoms. The molecule has 1 amide bonds. The van der Waals surface area contributed by atoms with Crippen molar-refractivity contribution in [2.45, 2.75) is 6.42 Å². The Labute approximate surface area is 86.4 Å². The van der Waals surface area contributed by atoms with Gasteiger partial charge < -0.3 is 10.5 Å². The quantitative estimate of drug-likeness (QED) is 0.718. The average Bonchev–Trinajstić information content (AvgIpc) is 2.23. The van der Waals surface area contributed by atoms with Crippen LogP contribution in [-0.4, -0.2) is 19.2 Å².